The average Bonchev–Trinajstić information content (AvgIpc) is 0.769. The second kappa shape index (κ2) is 33.3. The van der Waals surface area contributed by atoms with Gasteiger partial charge in [0.15, 0.2) is 17.5 Å². The van der Waals surface area contributed by atoms with E-state index in [0.29, 0.717) is 114 Å². The molecule has 107 heavy (non-hydrogen) atoms. The van der Waals surface area contributed by atoms with Crippen LogP contribution in [0.25, 0.3) is 34.2 Å². The summed E-state index contributed by atoms with van der Waals surface area (Å²) in [5.74, 6) is 6.78. The molecule has 0 unspecified atom stereocenters. The van der Waals surface area contributed by atoms with Crippen molar-refractivity contribution in [2.45, 2.75) is 137 Å². The van der Waals surface area contributed by atoms with E-state index in [1.165, 1.54) is 11.6 Å². The van der Waals surface area contributed by atoms with Gasteiger partial charge in [-0.2, -0.15) is 4.98 Å². The molecule has 6 N–H and O–H groups in total. The lowest BCUT2D eigenvalue weighted by molar-refractivity contribution is 0.0210. The van der Waals surface area contributed by atoms with Gasteiger partial charge in [-0.05, 0) is 179 Å². The standard InChI is InChI=1S/C35H40N6O4.C23H26N6O2.C23H31N5O3/c1-24-22-43-20-19-41(24)33-28-17-18-40(34(42)45-35(2,3)4)21-29(28)37-32(39-33)26-13-15-27(16-14-26)36-30-11-8-12-31(38-30)44-23-25-9-6-5-7-10-25;1-15-14-31-12-11-29(15)23-18-9-10-24-13-19(18)26-22(28-23)16-5-7-17(8-6-16)25-20-3-2-4-21(30)27-20;1-15-14-30-12-11-28(15)21-18-9-10-27(22(29)31-23(2,3)4)13-19(18)25-20(26-21)16-5-7-17(24)8-6-16/h5-16,24H,17-23H2,1-4H3,(H,36,38);2-8,15,24H,9-14H2,1H3,(H2,25,27,30);5-8,15H,9-14,24H2,1-4H3/t24-;2*15-/m000/s1. The largest absolute Gasteiger partial charge is 0.473 e. The summed E-state index contributed by atoms with van der Waals surface area (Å²) in [5.41, 5.74) is 17.1. The lowest BCUT2D eigenvalue weighted by Gasteiger charge is -2.38. The number of rotatable bonds is 13. The third-order valence-corrected chi connectivity index (χ3v) is 19.0. The van der Waals surface area contributed by atoms with Crippen molar-refractivity contribution in [3.05, 3.63) is 189 Å². The molecule has 15 rings (SSSR count). The maximum atomic E-state index is 12.9. The summed E-state index contributed by atoms with van der Waals surface area (Å²) in [6, 6.07) is 44.9. The smallest absolute Gasteiger partial charge is 0.410 e. The van der Waals surface area contributed by atoms with Crippen LogP contribution in [-0.2, 0) is 69.2 Å². The first kappa shape index (κ1) is 74.5. The number of aromatic amines is 1. The van der Waals surface area contributed by atoms with E-state index < -0.39 is 11.2 Å². The van der Waals surface area contributed by atoms with Crippen LogP contribution in [0.4, 0.5) is 55.7 Å². The molecule has 560 valence electrons. The van der Waals surface area contributed by atoms with E-state index >= 15 is 0 Å². The predicted molar refractivity (Wildman–Crippen MR) is 414 cm³/mol. The number of H-pyrrole nitrogens is 1. The fraction of sp³-hybridized carbons (Fsp3) is 0.407. The zero-order chi connectivity index (χ0) is 74.8. The number of nitrogens with zero attached hydrogens (tertiary/aromatic N) is 12. The highest BCUT2D eigenvalue weighted by Crippen LogP contribution is 2.36. The molecule has 26 heteroatoms. The predicted octanol–water partition coefficient (Wildman–Crippen LogP) is 12.1. The summed E-state index contributed by atoms with van der Waals surface area (Å²) in [7, 11) is 0. The molecule has 3 saturated heterocycles. The van der Waals surface area contributed by atoms with Gasteiger partial charge in [0, 0.05) is 102 Å². The number of nitrogens with one attached hydrogen (secondary N) is 4. The molecule has 3 atom stereocenters. The maximum absolute atomic E-state index is 12.9. The Bertz CT molecular complexity index is 4610. The van der Waals surface area contributed by atoms with Gasteiger partial charge in [-0.25, -0.2) is 39.5 Å². The highest BCUT2D eigenvalue weighted by atomic mass is 16.6. The Morgan fingerprint density at radius 3 is 1.45 bits per heavy atom. The van der Waals surface area contributed by atoms with Crippen molar-refractivity contribution in [2.75, 3.05) is 110 Å². The van der Waals surface area contributed by atoms with Gasteiger partial charge in [-0.3, -0.25) is 4.79 Å². The van der Waals surface area contributed by atoms with Crippen LogP contribution >= 0.6 is 0 Å². The third kappa shape index (κ3) is 19.1. The van der Waals surface area contributed by atoms with E-state index in [0.717, 1.165) is 131 Å². The van der Waals surface area contributed by atoms with Gasteiger partial charge in [0.25, 0.3) is 0 Å². The van der Waals surface area contributed by atoms with Gasteiger partial charge < -0.3 is 79.6 Å². The SMILES string of the molecule is C[C@H]1COCCN1c1nc(-c2ccc(N)cc2)nc2c1CCN(C(=O)OC(C)(C)C)C2.C[C@H]1COCCN1c1nc(-c2ccc(Nc3cccc(=O)[nH]3)cc2)nc2c1CCNC2.C[C@H]1COCCN1c1nc(-c2ccc(Nc3cccc(OCc4ccccc4)n3)cc2)nc2c1CCN(C(=O)OC(C)(C)C)C2. The number of fused-ring (bicyclic) bond motifs is 3. The molecule has 0 saturated carbocycles. The molecule has 5 aromatic heterocycles. The van der Waals surface area contributed by atoms with Gasteiger partial charge in [0.1, 0.15) is 46.9 Å². The van der Waals surface area contributed by atoms with Gasteiger partial charge >= 0.3 is 12.2 Å². The van der Waals surface area contributed by atoms with Gasteiger partial charge in [-0.1, -0.05) is 42.5 Å². The summed E-state index contributed by atoms with van der Waals surface area (Å²) in [6.07, 6.45) is 1.65. The fourth-order valence-electron chi connectivity index (χ4n) is 13.5. The molecule has 0 bridgehead atoms. The number of hydrogen-bond donors (Lipinski definition) is 5. The first-order valence-corrected chi connectivity index (χ1v) is 36.9. The number of carbonyl (C=O) groups excluding carboxylic acids is 2. The number of amides is 2. The van der Waals surface area contributed by atoms with Crippen molar-refractivity contribution in [2.24, 2.45) is 0 Å². The molecule has 6 aliphatic heterocycles. The number of pyridine rings is 2. The number of ether oxygens (including phenoxy) is 6. The number of hydrogen-bond acceptors (Lipinski definition) is 23. The highest BCUT2D eigenvalue weighted by Gasteiger charge is 2.35. The average molecular weight is 1450 g/mol. The summed E-state index contributed by atoms with van der Waals surface area (Å²) in [6.45, 7) is 28.3. The van der Waals surface area contributed by atoms with Crippen LogP contribution in [0.15, 0.2) is 144 Å². The third-order valence-electron chi connectivity index (χ3n) is 19.0. The Hall–Kier alpha value is -10.8. The number of nitrogens with two attached hydrogens (primary N) is 1. The molecular weight excluding hydrogens is 1360 g/mol. The Kier molecular flexibility index (Phi) is 23.2. The second-order valence-corrected chi connectivity index (χ2v) is 29.6. The minimum absolute atomic E-state index is 0.137. The molecule has 9 aromatic rings. The topological polar surface area (TPSA) is 291 Å². The van der Waals surface area contributed by atoms with Crippen LogP contribution in [-0.4, -0.2) is 170 Å². The molecule has 4 aromatic carbocycles. The quantitative estimate of drug-likeness (QED) is 0.0670. The minimum atomic E-state index is -0.565. The Labute approximate surface area is 624 Å². The Morgan fingerprint density at radius 1 is 0.514 bits per heavy atom. The van der Waals surface area contributed by atoms with Crippen LogP contribution in [0.5, 0.6) is 5.88 Å². The molecule has 2 amide bonds. The lowest BCUT2D eigenvalue weighted by Crippen LogP contribution is -2.46. The zero-order valence-corrected chi connectivity index (χ0v) is 62.6. The van der Waals surface area contributed by atoms with Gasteiger partial charge in [-0.15, -0.1) is 0 Å². The van der Waals surface area contributed by atoms with E-state index in [2.05, 4.69) is 61.4 Å². The van der Waals surface area contributed by atoms with E-state index in [-0.39, 0.29) is 35.9 Å². The number of nitrogen functional groups attached to an aromatic ring is 1. The van der Waals surface area contributed by atoms with Crippen LogP contribution in [0.2, 0.25) is 0 Å². The molecular formula is C81H97N17O9. The van der Waals surface area contributed by atoms with Crippen LogP contribution in [0, 0.1) is 0 Å². The van der Waals surface area contributed by atoms with E-state index in [1.807, 2.05) is 169 Å². The van der Waals surface area contributed by atoms with Crippen molar-refractivity contribution in [3.63, 3.8) is 0 Å². The Morgan fingerprint density at radius 2 is 0.972 bits per heavy atom. The summed E-state index contributed by atoms with van der Waals surface area (Å²) < 4.78 is 34.1. The number of carbonyl (C=O) groups is 2. The zero-order valence-electron chi connectivity index (χ0n) is 62.6. The summed E-state index contributed by atoms with van der Waals surface area (Å²) >= 11 is 0. The van der Waals surface area contributed by atoms with Crippen molar-refractivity contribution in [1.82, 2.24) is 55.0 Å². The van der Waals surface area contributed by atoms with Crippen LogP contribution in [0.3, 0.4) is 0 Å². The summed E-state index contributed by atoms with van der Waals surface area (Å²) in [4.78, 5) is 84.8. The van der Waals surface area contributed by atoms with Gasteiger partial charge in [0.05, 0.1) is 87.9 Å². The van der Waals surface area contributed by atoms with E-state index in [1.54, 1.807) is 15.9 Å². The van der Waals surface area contributed by atoms with E-state index in [9.17, 15) is 14.4 Å². The fourth-order valence-corrected chi connectivity index (χ4v) is 13.5. The molecule has 3 fully saturated rings. The first-order chi connectivity index (χ1) is 51.6. The molecule has 11 heterocycles. The minimum Gasteiger partial charge on any atom is -0.473 e. The number of benzene rings is 4. The maximum Gasteiger partial charge on any atom is 0.410 e. The van der Waals surface area contributed by atoms with E-state index in [4.69, 9.17) is 64.1 Å². The van der Waals surface area contributed by atoms with Crippen molar-refractivity contribution >= 4 is 58.3 Å². The molecule has 0 aliphatic carbocycles. The monoisotopic (exact) mass is 1450 g/mol. The number of aromatic nitrogens is 8. The number of anilines is 8. The van der Waals surface area contributed by atoms with Crippen LogP contribution in [0.1, 0.15) is 102 Å². The lowest BCUT2D eigenvalue weighted by atomic mass is 10.0. The first-order valence-electron chi connectivity index (χ1n) is 36.9. The van der Waals surface area contributed by atoms with Crippen molar-refractivity contribution in [3.8, 4) is 40.0 Å². The second-order valence-electron chi connectivity index (χ2n) is 29.6. The van der Waals surface area contributed by atoms with Crippen LogP contribution < -0.4 is 46.7 Å². The molecule has 0 spiro atoms. The molecule has 0 radical (unpaired) electrons. The molecule has 6 aliphatic rings. The van der Waals surface area contributed by atoms with Gasteiger partial charge in [0.2, 0.25) is 11.4 Å². The van der Waals surface area contributed by atoms with Crippen molar-refractivity contribution in [1.29, 1.82) is 0 Å². The Balaban J connectivity index is 0.000000146. The highest BCUT2D eigenvalue weighted by molar-refractivity contribution is 5.72. The molecule has 26 nitrogen and oxygen atoms in total. The normalized spacial score (nSPS) is 17.9. The van der Waals surface area contributed by atoms with Crippen molar-refractivity contribution < 1.29 is 38.0 Å². The summed E-state index contributed by atoms with van der Waals surface area (Å²) in [5, 5.41) is 10.0. The number of morpholine rings is 3.